The van der Waals surface area contributed by atoms with E-state index in [1.54, 1.807) is 7.11 Å². The van der Waals surface area contributed by atoms with Crippen LogP contribution in [-0.2, 0) is 12.8 Å². The van der Waals surface area contributed by atoms with E-state index in [-0.39, 0.29) is 12.1 Å². The highest BCUT2D eigenvalue weighted by atomic mass is 16.5. The van der Waals surface area contributed by atoms with Crippen LogP contribution in [-0.4, -0.2) is 32.3 Å². The van der Waals surface area contributed by atoms with E-state index in [2.05, 4.69) is 35.8 Å². The van der Waals surface area contributed by atoms with Crippen LogP contribution in [0.15, 0.2) is 42.5 Å². The van der Waals surface area contributed by atoms with Gasteiger partial charge in [0.25, 0.3) is 0 Å². The third-order valence-electron chi connectivity index (χ3n) is 4.29. The van der Waals surface area contributed by atoms with E-state index in [9.17, 15) is 4.79 Å². The molecule has 2 amide bonds. The van der Waals surface area contributed by atoms with Crippen molar-refractivity contribution in [1.82, 2.24) is 10.6 Å². The lowest BCUT2D eigenvalue weighted by atomic mass is 10.0. The van der Waals surface area contributed by atoms with Gasteiger partial charge in [0.15, 0.2) is 0 Å². The Bertz CT molecular complexity index is 745. The van der Waals surface area contributed by atoms with E-state index in [0.717, 1.165) is 29.9 Å². The summed E-state index contributed by atoms with van der Waals surface area (Å²) in [7, 11) is 1.64. The molecule has 1 unspecified atom stereocenters. The maximum atomic E-state index is 12.1. The number of hydrogen-bond donors (Lipinski definition) is 2. The van der Waals surface area contributed by atoms with E-state index in [1.165, 1.54) is 11.1 Å². The number of nitrogens with one attached hydrogen (secondary N) is 2. The predicted molar refractivity (Wildman–Crippen MR) is 97.4 cm³/mol. The third kappa shape index (κ3) is 4.66. The molecule has 2 aromatic carbocycles. The first-order valence-corrected chi connectivity index (χ1v) is 8.53. The smallest absolute Gasteiger partial charge is 0.315 e. The van der Waals surface area contributed by atoms with Crippen LogP contribution in [0.4, 0.5) is 4.79 Å². The number of fused-ring (bicyclic) bond motifs is 1. The molecule has 0 radical (unpaired) electrons. The number of carbonyl (C=O) groups is 1. The first-order chi connectivity index (χ1) is 12.1. The Morgan fingerprint density at radius 2 is 2.16 bits per heavy atom. The fraction of sp³-hybridized carbons (Fsp3) is 0.350. The van der Waals surface area contributed by atoms with Crippen molar-refractivity contribution in [2.75, 3.05) is 20.3 Å². The highest BCUT2D eigenvalue weighted by Gasteiger charge is 2.21. The van der Waals surface area contributed by atoms with Crippen molar-refractivity contribution >= 4 is 6.03 Å². The van der Waals surface area contributed by atoms with E-state index in [1.807, 2.05) is 24.3 Å². The summed E-state index contributed by atoms with van der Waals surface area (Å²) in [5.41, 5.74) is 3.51. The number of benzene rings is 2. The standard InChI is InChI=1S/C20H24N2O3/c1-14-4-3-5-15(10-14)8-9-21-20(23)22-17-11-16-12-18(24-2)6-7-19(16)25-13-17/h3-7,10,12,17H,8-9,11,13H2,1-2H3,(H2,21,22,23). The van der Waals surface area contributed by atoms with Gasteiger partial charge in [-0.05, 0) is 49.1 Å². The predicted octanol–water partition coefficient (Wildman–Crippen LogP) is 2.85. The lowest BCUT2D eigenvalue weighted by molar-refractivity contribution is 0.214. The third-order valence-corrected chi connectivity index (χ3v) is 4.29. The molecule has 0 saturated heterocycles. The fourth-order valence-electron chi connectivity index (χ4n) is 3.02. The van der Waals surface area contributed by atoms with Gasteiger partial charge in [-0.3, -0.25) is 0 Å². The van der Waals surface area contributed by atoms with Crippen molar-refractivity contribution in [2.45, 2.75) is 25.8 Å². The second kappa shape index (κ2) is 7.92. The molecule has 0 bridgehead atoms. The number of urea groups is 1. The van der Waals surface area contributed by atoms with Gasteiger partial charge in [-0.15, -0.1) is 0 Å². The summed E-state index contributed by atoms with van der Waals surface area (Å²) < 4.78 is 11.0. The Hall–Kier alpha value is -2.69. The molecule has 2 aromatic rings. The summed E-state index contributed by atoms with van der Waals surface area (Å²) in [6, 6.07) is 13.9. The zero-order chi connectivity index (χ0) is 17.6. The van der Waals surface area contributed by atoms with Crippen LogP contribution < -0.4 is 20.1 Å². The summed E-state index contributed by atoms with van der Waals surface area (Å²) in [5, 5.41) is 5.89. The molecule has 0 aliphatic carbocycles. The molecule has 1 heterocycles. The molecular formula is C20H24N2O3. The minimum Gasteiger partial charge on any atom is -0.497 e. The van der Waals surface area contributed by atoms with Gasteiger partial charge >= 0.3 is 6.03 Å². The van der Waals surface area contributed by atoms with Gasteiger partial charge in [0.05, 0.1) is 13.2 Å². The summed E-state index contributed by atoms with van der Waals surface area (Å²) in [5.74, 6) is 1.66. The number of aryl methyl sites for hydroxylation is 1. The van der Waals surface area contributed by atoms with Crippen LogP contribution in [0.2, 0.25) is 0 Å². The van der Waals surface area contributed by atoms with Gasteiger partial charge in [-0.2, -0.15) is 0 Å². The molecule has 5 nitrogen and oxygen atoms in total. The number of carbonyl (C=O) groups excluding carboxylic acids is 1. The van der Waals surface area contributed by atoms with E-state index in [4.69, 9.17) is 9.47 Å². The Morgan fingerprint density at radius 1 is 1.28 bits per heavy atom. The molecule has 0 fully saturated rings. The topological polar surface area (TPSA) is 59.6 Å². The van der Waals surface area contributed by atoms with Crippen molar-refractivity contribution in [3.8, 4) is 11.5 Å². The summed E-state index contributed by atoms with van der Waals surface area (Å²) in [4.78, 5) is 12.1. The lowest BCUT2D eigenvalue weighted by Gasteiger charge is -2.26. The number of ether oxygens (including phenoxy) is 2. The first-order valence-electron chi connectivity index (χ1n) is 8.53. The largest absolute Gasteiger partial charge is 0.497 e. The highest BCUT2D eigenvalue weighted by molar-refractivity contribution is 5.74. The van der Waals surface area contributed by atoms with E-state index >= 15 is 0 Å². The zero-order valence-electron chi connectivity index (χ0n) is 14.7. The molecule has 0 spiro atoms. The highest BCUT2D eigenvalue weighted by Crippen LogP contribution is 2.28. The second-order valence-electron chi connectivity index (χ2n) is 6.32. The minimum absolute atomic E-state index is 0.0430. The van der Waals surface area contributed by atoms with E-state index in [0.29, 0.717) is 13.2 Å². The van der Waals surface area contributed by atoms with Crippen LogP contribution in [0.3, 0.4) is 0 Å². The van der Waals surface area contributed by atoms with Gasteiger partial charge in [-0.25, -0.2) is 4.79 Å². The summed E-state index contributed by atoms with van der Waals surface area (Å²) >= 11 is 0. The molecule has 1 aliphatic rings. The van der Waals surface area contributed by atoms with Gasteiger partial charge in [0.1, 0.15) is 18.1 Å². The van der Waals surface area contributed by atoms with Gasteiger partial charge in [0.2, 0.25) is 0 Å². The number of amides is 2. The van der Waals surface area contributed by atoms with Crippen molar-refractivity contribution in [3.63, 3.8) is 0 Å². The Morgan fingerprint density at radius 3 is 2.96 bits per heavy atom. The monoisotopic (exact) mass is 340 g/mol. The van der Waals surface area contributed by atoms with Crippen LogP contribution in [0.5, 0.6) is 11.5 Å². The van der Waals surface area contributed by atoms with Crippen LogP contribution in [0.25, 0.3) is 0 Å². The van der Waals surface area contributed by atoms with E-state index < -0.39 is 0 Å². The first kappa shape index (κ1) is 17.1. The van der Waals surface area contributed by atoms with Crippen molar-refractivity contribution < 1.29 is 14.3 Å². The fourth-order valence-corrected chi connectivity index (χ4v) is 3.02. The lowest BCUT2D eigenvalue weighted by Crippen LogP contribution is -2.47. The van der Waals surface area contributed by atoms with Crippen molar-refractivity contribution in [3.05, 3.63) is 59.2 Å². The van der Waals surface area contributed by atoms with Crippen LogP contribution in [0.1, 0.15) is 16.7 Å². The molecule has 132 valence electrons. The zero-order valence-corrected chi connectivity index (χ0v) is 14.7. The normalized spacial score (nSPS) is 15.7. The average Bonchev–Trinajstić information content (AvgIpc) is 2.61. The Balaban J connectivity index is 1.47. The second-order valence-corrected chi connectivity index (χ2v) is 6.32. The number of hydrogen-bond acceptors (Lipinski definition) is 3. The maximum absolute atomic E-state index is 12.1. The number of methoxy groups -OCH3 is 1. The quantitative estimate of drug-likeness (QED) is 0.880. The summed E-state index contributed by atoms with van der Waals surface area (Å²) in [6.07, 6.45) is 1.55. The molecular weight excluding hydrogens is 316 g/mol. The number of rotatable bonds is 5. The van der Waals surface area contributed by atoms with Gasteiger partial charge in [0, 0.05) is 6.54 Å². The maximum Gasteiger partial charge on any atom is 0.315 e. The van der Waals surface area contributed by atoms with Crippen molar-refractivity contribution in [2.24, 2.45) is 0 Å². The summed E-state index contributed by atoms with van der Waals surface area (Å²) in [6.45, 7) is 3.15. The molecule has 25 heavy (non-hydrogen) atoms. The van der Waals surface area contributed by atoms with Crippen molar-refractivity contribution in [1.29, 1.82) is 0 Å². The molecule has 5 heteroatoms. The van der Waals surface area contributed by atoms with Crippen LogP contribution >= 0.6 is 0 Å². The minimum atomic E-state index is -0.160. The Labute approximate surface area is 148 Å². The SMILES string of the molecule is COc1ccc2c(c1)CC(NC(=O)NCCc1cccc(C)c1)CO2. The van der Waals surface area contributed by atoms with Gasteiger partial charge in [-0.1, -0.05) is 29.8 Å². The molecule has 1 aliphatic heterocycles. The molecule has 0 aromatic heterocycles. The molecule has 1 atom stereocenters. The molecule has 2 N–H and O–H groups in total. The van der Waals surface area contributed by atoms with Gasteiger partial charge < -0.3 is 20.1 Å². The van der Waals surface area contributed by atoms with Crippen LogP contribution in [0, 0.1) is 6.92 Å². The molecule has 0 saturated carbocycles. The Kier molecular flexibility index (Phi) is 5.43. The molecule has 3 rings (SSSR count). The average molecular weight is 340 g/mol.